The van der Waals surface area contributed by atoms with Crippen LogP contribution >= 0.6 is 11.8 Å². The smallest absolute Gasteiger partial charge is 0.277 e. The number of amides is 1. The molecule has 1 amide bonds. The van der Waals surface area contributed by atoms with E-state index in [0.29, 0.717) is 29.5 Å². The van der Waals surface area contributed by atoms with E-state index in [0.717, 1.165) is 24.2 Å². The standard InChI is InChI=1S/C19H25N3O3S/c1-2-24-16-11-9-14(10-12-16)18-21-22-19(25-18)26-13-17(23)20-15-7-5-3-4-6-8-15/h9-12,15H,2-8,13H2,1H3,(H,20,23). The fourth-order valence-corrected chi connectivity index (χ4v) is 3.64. The zero-order chi connectivity index (χ0) is 18.2. The van der Waals surface area contributed by atoms with Crippen LogP contribution in [0.1, 0.15) is 45.4 Å². The molecule has 1 saturated carbocycles. The molecule has 0 unspecified atom stereocenters. The molecule has 6 nitrogen and oxygen atoms in total. The summed E-state index contributed by atoms with van der Waals surface area (Å²) in [5.74, 6) is 1.57. The molecule has 1 heterocycles. The van der Waals surface area contributed by atoms with Gasteiger partial charge in [0.2, 0.25) is 11.8 Å². The van der Waals surface area contributed by atoms with Crippen molar-refractivity contribution in [2.45, 2.75) is 56.7 Å². The number of nitrogens with one attached hydrogen (secondary N) is 1. The van der Waals surface area contributed by atoms with Crippen LogP contribution in [0.5, 0.6) is 5.75 Å². The number of carbonyl (C=O) groups is 1. The Morgan fingerprint density at radius 2 is 1.92 bits per heavy atom. The lowest BCUT2D eigenvalue weighted by molar-refractivity contribution is -0.119. The van der Waals surface area contributed by atoms with Crippen molar-refractivity contribution in [3.05, 3.63) is 24.3 Å². The fourth-order valence-electron chi connectivity index (χ4n) is 3.07. The molecule has 3 rings (SSSR count). The van der Waals surface area contributed by atoms with E-state index in [9.17, 15) is 4.79 Å². The second-order valence-corrected chi connectivity index (χ2v) is 7.30. The van der Waals surface area contributed by atoms with E-state index in [2.05, 4.69) is 15.5 Å². The number of hydrogen-bond acceptors (Lipinski definition) is 6. The predicted octanol–water partition coefficient (Wildman–Crippen LogP) is 4.07. The first-order chi connectivity index (χ1) is 12.7. The van der Waals surface area contributed by atoms with E-state index in [4.69, 9.17) is 9.15 Å². The molecule has 1 aromatic carbocycles. The van der Waals surface area contributed by atoms with Gasteiger partial charge in [-0.25, -0.2) is 0 Å². The van der Waals surface area contributed by atoms with Crippen molar-refractivity contribution >= 4 is 17.7 Å². The lowest BCUT2D eigenvalue weighted by atomic mass is 10.1. The van der Waals surface area contributed by atoms with Gasteiger partial charge in [-0.3, -0.25) is 4.79 Å². The number of ether oxygens (including phenoxy) is 1. The van der Waals surface area contributed by atoms with Crippen molar-refractivity contribution in [3.8, 4) is 17.2 Å². The van der Waals surface area contributed by atoms with E-state index in [1.807, 2.05) is 31.2 Å². The Kier molecular flexibility index (Phi) is 6.94. The van der Waals surface area contributed by atoms with Crippen LogP contribution in [0, 0.1) is 0 Å². The van der Waals surface area contributed by atoms with Gasteiger partial charge in [-0.05, 0) is 44.0 Å². The predicted molar refractivity (Wildman–Crippen MR) is 101 cm³/mol. The SMILES string of the molecule is CCOc1ccc(-c2nnc(SCC(=O)NC3CCCCCC3)o2)cc1. The van der Waals surface area contributed by atoms with Crippen LogP contribution in [0.2, 0.25) is 0 Å². The number of aromatic nitrogens is 2. The third kappa shape index (κ3) is 5.49. The number of nitrogens with zero attached hydrogens (tertiary/aromatic N) is 2. The molecule has 7 heteroatoms. The molecular weight excluding hydrogens is 350 g/mol. The Balaban J connectivity index is 1.49. The minimum Gasteiger partial charge on any atom is -0.494 e. The van der Waals surface area contributed by atoms with Crippen LogP contribution in [0.25, 0.3) is 11.5 Å². The summed E-state index contributed by atoms with van der Waals surface area (Å²) < 4.78 is 11.1. The third-order valence-corrected chi connectivity index (χ3v) is 5.18. The molecule has 1 fully saturated rings. The molecule has 1 N–H and O–H groups in total. The summed E-state index contributed by atoms with van der Waals surface area (Å²) in [4.78, 5) is 12.1. The van der Waals surface area contributed by atoms with Gasteiger partial charge in [0.15, 0.2) is 0 Å². The number of carbonyl (C=O) groups excluding carboxylic acids is 1. The largest absolute Gasteiger partial charge is 0.494 e. The van der Waals surface area contributed by atoms with Gasteiger partial charge in [-0.15, -0.1) is 10.2 Å². The van der Waals surface area contributed by atoms with Crippen molar-refractivity contribution in [1.82, 2.24) is 15.5 Å². The maximum Gasteiger partial charge on any atom is 0.277 e. The summed E-state index contributed by atoms with van der Waals surface area (Å²) in [6.45, 7) is 2.57. The summed E-state index contributed by atoms with van der Waals surface area (Å²) >= 11 is 1.27. The molecule has 0 saturated heterocycles. The Morgan fingerprint density at radius 1 is 1.19 bits per heavy atom. The highest BCUT2D eigenvalue weighted by atomic mass is 32.2. The van der Waals surface area contributed by atoms with Gasteiger partial charge >= 0.3 is 0 Å². The van der Waals surface area contributed by atoms with Crippen molar-refractivity contribution < 1.29 is 13.9 Å². The first-order valence-corrected chi connectivity index (χ1v) is 10.2. The lowest BCUT2D eigenvalue weighted by Gasteiger charge is -2.15. The van der Waals surface area contributed by atoms with Crippen molar-refractivity contribution in [3.63, 3.8) is 0 Å². The highest BCUT2D eigenvalue weighted by molar-refractivity contribution is 7.99. The molecule has 0 bridgehead atoms. The number of hydrogen-bond donors (Lipinski definition) is 1. The first-order valence-electron chi connectivity index (χ1n) is 9.23. The zero-order valence-electron chi connectivity index (χ0n) is 15.1. The molecule has 0 atom stereocenters. The number of rotatable bonds is 7. The van der Waals surface area contributed by atoms with Crippen LogP contribution in [0.4, 0.5) is 0 Å². The highest BCUT2D eigenvalue weighted by Crippen LogP contribution is 2.25. The van der Waals surface area contributed by atoms with E-state index in [1.165, 1.54) is 37.4 Å². The van der Waals surface area contributed by atoms with Gasteiger partial charge in [0.1, 0.15) is 5.75 Å². The molecule has 1 aromatic heterocycles. The Morgan fingerprint density at radius 3 is 2.62 bits per heavy atom. The van der Waals surface area contributed by atoms with E-state index in [-0.39, 0.29) is 5.91 Å². The van der Waals surface area contributed by atoms with Crippen molar-refractivity contribution in [2.75, 3.05) is 12.4 Å². The second kappa shape index (κ2) is 9.62. The van der Waals surface area contributed by atoms with Gasteiger partial charge in [-0.1, -0.05) is 37.4 Å². The maximum absolute atomic E-state index is 12.1. The molecule has 2 aromatic rings. The molecular formula is C19H25N3O3S. The van der Waals surface area contributed by atoms with E-state index < -0.39 is 0 Å². The van der Waals surface area contributed by atoms with Crippen molar-refractivity contribution in [2.24, 2.45) is 0 Å². The first kappa shape index (κ1) is 18.8. The van der Waals surface area contributed by atoms with Crippen LogP contribution in [-0.2, 0) is 4.79 Å². The Bertz CT molecular complexity index is 694. The molecule has 26 heavy (non-hydrogen) atoms. The summed E-state index contributed by atoms with van der Waals surface area (Å²) in [6, 6.07) is 7.82. The minimum absolute atomic E-state index is 0.0303. The summed E-state index contributed by atoms with van der Waals surface area (Å²) in [5, 5.41) is 11.6. The number of thioether (sulfide) groups is 1. The summed E-state index contributed by atoms with van der Waals surface area (Å²) in [7, 11) is 0. The van der Waals surface area contributed by atoms with Gasteiger partial charge in [0.05, 0.1) is 12.4 Å². The van der Waals surface area contributed by atoms with Gasteiger partial charge in [0.25, 0.3) is 5.22 Å². The quantitative estimate of drug-likeness (QED) is 0.581. The second-order valence-electron chi connectivity index (χ2n) is 6.38. The van der Waals surface area contributed by atoms with E-state index in [1.54, 1.807) is 0 Å². The summed E-state index contributed by atoms with van der Waals surface area (Å²) in [6.07, 6.45) is 7.12. The van der Waals surface area contributed by atoms with Crippen LogP contribution in [0.3, 0.4) is 0 Å². The monoisotopic (exact) mass is 375 g/mol. The summed E-state index contributed by atoms with van der Waals surface area (Å²) in [5.41, 5.74) is 0.829. The molecule has 0 aliphatic heterocycles. The fraction of sp³-hybridized carbons (Fsp3) is 0.526. The normalized spacial score (nSPS) is 15.4. The van der Waals surface area contributed by atoms with Gasteiger partial charge in [0, 0.05) is 11.6 Å². The lowest BCUT2D eigenvalue weighted by Crippen LogP contribution is -2.35. The highest BCUT2D eigenvalue weighted by Gasteiger charge is 2.16. The third-order valence-electron chi connectivity index (χ3n) is 4.37. The average molecular weight is 375 g/mol. The van der Waals surface area contributed by atoms with Gasteiger partial charge < -0.3 is 14.5 Å². The van der Waals surface area contributed by atoms with Gasteiger partial charge in [-0.2, -0.15) is 0 Å². The van der Waals surface area contributed by atoms with Crippen LogP contribution in [-0.4, -0.2) is 34.5 Å². The van der Waals surface area contributed by atoms with Crippen molar-refractivity contribution in [1.29, 1.82) is 0 Å². The Labute approximate surface area is 158 Å². The van der Waals surface area contributed by atoms with Crippen LogP contribution < -0.4 is 10.1 Å². The molecule has 0 spiro atoms. The average Bonchev–Trinajstić information content (AvgIpc) is 2.98. The molecule has 1 aliphatic carbocycles. The number of benzene rings is 1. The molecule has 140 valence electrons. The molecule has 1 aliphatic rings. The topological polar surface area (TPSA) is 77.2 Å². The molecule has 0 radical (unpaired) electrons. The maximum atomic E-state index is 12.1. The zero-order valence-corrected chi connectivity index (χ0v) is 15.9. The minimum atomic E-state index is 0.0303. The van der Waals surface area contributed by atoms with E-state index >= 15 is 0 Å². The van der Waals surface area contributed by atoms with Crippen LogP contribution in [0.15, 0.2) is 33.9 Å². The Hall–Kier alpha value is -2.02.